The Bertz CT molecular complexity index is 492. The first-order valence-electron chi connectivity index (χ1n) is 6.74. The van der Waals surface area contributed by atoms with E-state index in [-0.39, 0.29) is 18.5 Å². The molecule has 1 N–H and O–H groups in total. The number of carboxylic acids is 1. The second-order valence-electron chi connectivity index (χ2n) is 5.49. The molecule has 0 heterocycles. The van der Waals surface area contributed by atoms with Crippen LogP contribution >= 0.6 is 0 Å². The lowest BCUT2D eigenvalue weighted by Crippen LogP contribution is -2.37. The average molecular weight is 276 g/mol. The van der Waals surface area contributed by atoms with E-state index in [1.54, 1.807) is 12.1 Å². The Morgan fingerprint density at radius 3 is 2.25 bits per heavy atom. The lowest BCUT2D eigenvalue weighted by atomic mass is 10.1. The highest BCUT2D eigenvalue weighted by Crippen LogP contribution is 2.28. The Kier molecular flexibility index (Phi) is 4.39. The molecule has 1 aromatic carbocycles. The lowest BCUT2D eigenvalue weighted by Gasteiger charge is -2.20. The van der Waals surface area contributed by atoms with Gasteiger partial charge >= 0.3 is 5.97 Å². The summed E-state index contributed by atoms with van der Waals surface area (Å²) in [6, 6.07) is 7.48. The molecule has 2 rings (SSSR count). The van der Waals surface area contributed by atoms with E-state index >= 15 is 0 Å². The smallest absolute Gasteiger partial charge is 0.323 e. The molecule has 0 spiro atoms. The van der Waals surface area contributed by atoms with E-state index in [0.717, 1.165) is 24.9 Å². The largest absolute Gasteiger partial charge is 0.480 e. The molecule has 0 aromatic heterocycles. The zero-order valence-corrected chi connectivity index (χ0v) is 11.9. The number of carbonyl (C=O) groups is 2. The maximum Gasteiger partial charge on any atom is 0.323 e. The second-order valence-corrected chi connectivity index (χ2v) is 5.49. The number of hydrogen-bond acceptors (Lipinski definition) is 3. The van der Waals surface area contributed by atoms with Crippen LogP contribution in [-0.4, -0.2) is 53.5 Å². The molecule has 1 saturated carbocycles. The van der Waals surface area contributed by atoms with Crippen molar-refractivity contribution in [1.29, 1.82) is 0 Å². The number of carbonyl (C=O) groups excluding carboxylic acids is 1. The molecule has 108 valence electrons. The summed E-state index contributed by atoms with van der Waals surface area (Å²) < 4.78 is 0. The van der Waals surface area contributed by atoms with Crippen LogP contribution in [0.5, 0.6) is 0 Å². The fourth-order valence-electron chi connectivity index (χ4n) is 2.18. The van der Waals surface area contributed by atoms with E-state index in [1.807, 2.05) is 26.2 Å². The van der Waals surface area contributed by atoms with Gasteiger partial charge < -0.3 is 14.9 Å². The summed E-state index contributed by atoms with van der Waals surface area (Å²) in [5, 5.41) is 8.90. The van der Waals surface area contributed by atoms with Gasteiger partial charge in [0.15, 0.2) is 0 Å². The maximum absolute atomic E-state index is 12.3. The van der Waals surface area contributed by atoms with Crippen LogP contribution in [0, 0.1) is 0 Å². The quantitative estimate of drug-likeness (QED) is 0.854. The molecule has 1 fully saturated rings. The van der Waals surface area contributed by atoms with Gasteiger partial charge in [-0.25, -0.2) is 0 Å². The van der Waals surface area contributed by atoms with Gasteiger partial charge in [0.05, 0.1) is 0 Å². The van der Waals surface area contributed by atoms with Crippen LogP contribution in [0.3, 0.4) is 0 Å². The van der Waals surface area contributed by atoms with E-state index in [2.05, 4.69) is 4.90 Å². The van der Waals surface area contributed by atoms with Crippen molar-refractivity contribution in [1.82, 2.24) is 9.80 Å². The van der Waals surface area contributed by atoms with Crippen LogP contribution < -0.4 is 0 Å². The van der Waals surface area contributed by atoms with E-state index in [4.69, 9.17) is 5.11 Å². The van der Waals surface area contributed by atoms with Gasteiger partial charge in [-0.05, 0) is 44.6 Å². The Hall–Kier alpha value is -1.88. The number of amides is 1. The summed E-state index contributed by atoms with van der Waals surface area (Å²) in [5.41, 5.74) is 1.68. The van der Waals surface area contributed by atoms with Gasteiger partial charge in [-0.1, -0.05) is 12.1 Å². The normalized spacial score (nSPS) is 14.3. The monoisotopic (exact) mass is 276 g/mol. The topological polar surface area (TPSA) is 60.9 Å². The zero-order chi connectivity index (χ0) is 14.7. The fraction of sp³-hybridized carbons (Fsp3) is 0.467. The van der Waals surface area contributed by atoms with Crippen LogP contribution in [0.15, 0.2) is 24.3 Å². The number of rotatable bonds is 6. The molecule has 1 amide bonds. The molecule has 0 unspecified atom stereocenters. The first kappa shape index (κ1) is 14.5. The van der Waals surface area contributed by atoms with Gasteiger partial charge in [0.25, 0.3) is 5.91 Å². The minimum atomic E-state index is -0.963. The molecule has 0 aliphatic heterocycles. The van der Waals surface area contributed by atoms with Gasteiger partial charge in [-0.2, -0.15) is 0 Å². The van der Waals surface area contributed by atoms with E-state index in [0.29, 0.717) is 5.56 Å². The van der Waals surface area contributed by atoms with Crippen molar-refractivity contribution in [2.45, 2.75) is 25.4 Å². The Morgan fingerprint density at radius 2 is 1.80 bits per heavy atom. The third kappa shape index (κ3) is 3.81. The highest BCUT2D eigenvalue weighted by molar-refractivity contribution is 5.96. The number of benzene rings is 1. The average Bonchev–Trinajstić information content (AvgIpc) is 3.19. The summed E-state index contributed by atoms with van der Waals surface area (Å²) >= 11 is 0. The minimum Gasteiger partial charge on any atom is -0.480 e. The van der Waals surface area contributed by atoms with Crippen LogP contribution in [-0.2, 0) is 11.3 Å². The molecular formula is C15H20N2O3. The van der Waals surface area contributed by atoms with Gasteiger partial charge in [-0.3, -0.25) is 9.59 Å². The molecule has 1 aliphatic rings. The molecule has 0 atom stereocenters. The third-order valence-corrected chi connectivity index (χ3v) is 3.25. The standard InChI is InChI=1S/C15H20N2O3/c1-16(2)9-11-3-5-12(6-4-11)15(20)17(10-14(18)19)13-7-8-13/h3-6,13H,7-10H2,1-2H3,(H,18,19). The van der Waals surface area contributed by atoms with Crippen molar-refractivity contribution in [2.24, 2.45) is 0 Å². The third-order valence-electron chi connectivity index (χ3n) is 3.25. The molecule has 5 heteroatoms. The number of nitrogens with zero attached hydrogens (tertiary/aromatic N) is 2. The van der Waals surface area contributed by atoms with Crippen molar-refractivity contribution in [3.05, 3.63) is 35.4 Å². The highest BCUT2D eigenvalue weighted by atomic mass is 16.4. The summed E-state index contributed by atoms with van der Waals surface area (Å²) in [7, 11) is 3.97. The predicted molar refractivity (Wildman–Crippen MR) is 75.5 cm³/mol. The lowest BCUT2D eigenvalue weighted by molar-refractivity contribution is -0.137. The van der Waals surface area contributed by atoms with Crippen molar-refractivity contribution in [2.75, 3.05) is 20.6 Å². The first-order valence-corrected chi connectivity index (χ1v) is 6.74. The van der Waals surface area contributed by atoms with Gasteiger partial charge in [0.2, 0.25) is 0 Å². The molecule has 5 nitrogen and oxygen atoms in total. The molecule has 1 aliphatic carbocycles. The van der Waals surface area contributed by atoms with Crippen LogP contribution in [0.25, 0.3) is 0 Å². The SMILES string of the molecule is CN(C)Cc1ccc(C(=O)N(CC(=O)O)C2CC2)cc1. The van der Waals surface area contributed by atoms with Crippen LogP contribution in [0.4, 0.5) is 0 Å². The van der Waals surface area contributed by atoms with Gasteiger partial charge in [-0.15, -0.1) is 0 Å². The van der Waals surface area contributed by atoms with Crippen LogP contribution in [0.1, 0.15) is 28.8 Å². The molecule has 1 aromatic rings. The molecule has 0 bridgehead atoms. The van der Waals surface area contributed by atoms with Crippen LogP contribution in [0.2, 0.25) is 0 Å². The minimum absolute atomic E-state index is 0.0973. The molecule has 0 radical (unpaired) electrons. The Morgan fingerprint density at radius 1 is 1.20 bits per heavy atom. The molecule has 0 saturated heterocycles. The summed E-state index contributed by atoms with van der Waals surface area (Å²) in [6.45, 7) is 0.596. The maximum atomic E-state index is 12.3. The first-order chi connectivity index (χ1) is 9.47. The van der Waals surface area contributed by atoms with Gasteiger partial charge in [0, 0.05) is 18.2 Å². The highest BCUT2D eigenvalue weighted by Gasteiger charge is 2.34. The second kappa shape index (κ2) is 6.05. The van der Waals surface area contributed by atoms with E-state index in [9.17, 15) is 9.59 Å². The number of hydrogen-bond donors (Lipinski definition) is 1. The number of carboxylic acid groups (broad SMARTS) is 1. The van der Waals surface area contributed by atoms with E-state index in [1.165, 1.54) is 4.90 Å². The summed E-state index contributed by atoms with van der Waals surface area (Å²) in [6.07, 6.45) is 1.80. The van der Waals surface area contributed by atoms with Crippen molar-refractivity contribution in [3.8, 4) is 0 Å². The molecular weight excluding hydrogens is 256 g/mol. The fourth-order valence-corrected chi connectivity index (χ4v) is 2.18. The summed E-state index contributed by atoms with van der Waals surface area (Å²) in [4.78, 5) is 26.7. The predicted octanol–water partition coefficient (Wildman–Crippen LogP) is 1.44. The van der Waals surface area contributed by atoms with E-state index < -0.39 is 5.97 Å². The van der Waals surface area contributed by atoms with Crippen molar-refractivity contribution in [3.63, 3.8) is 0 Å². The van der Waals surface area contributed by atoms with Crippen molar-refractivity contribution >= 4 is 11.9 Å². The Labute approximate surface area is 118 Å². The zero-order valence-electron chi connectivity index (χ0n) is 11.9. The molecule has 20 heavy (non-hydrogen) atoms. The summed E-state index contributed by atoms with van der Waals surface area (Å²) in [5.74, 6) is -1.15. The Balaban J connectivity index is 2.08. The van der Waals surface area contributed by atoms with Crippen molar-refractivity contribution < 1.29 is 14.7 Å². The van der Waals surface area contributed by atoms with Gasteiger partial charge in [0.1, 0.15) is 6.54 Å². The number of aliphatic carboxylic acids is 1.